The smallest absolute Gasteiger partial charge is 0.225 e. The van der Waals surface area contributed by atoms with E-state index in [4.69, 9.17) is 12.2 Å². The Kier molecular flexibility index (Phi) is 5.30. The second kappa shape index (κ2) is 7.44. The second-order valence-electron chi connectivity index (χ2n) is 5.87. The zero-order valence-corrected chi connectivity index (χ0v) is 16.2. The third-order valence-corrected chi connectivity index (χ3v) is 4.94. The standard InChI is InChI=1S/C17H20BrN5S/c1-12-4-3-5-13(2)15(12)21-17(24)23-8-6-22(7-9-23)16-19-10-14(18)11-20-16/h3-5,10-11H,6-9H2,1-2H3,(H,21,24). The van der Waals surface area contributed by atoms with Crippen molar-refractivity contribution in [3.63, 3.8) is 0 Å². The normalized spacial score (nSPS) is 14.6. The highest BCUT2D eigenvalue weighted by atomic mass is 79.9. The van der Waals surface area contributed by atoms with Gasteiger partial charge in [0.1, 0.15) is 0 Å². The van der Waals surface area contributed by atoms with Crippen LogP contribution in [0.1, 0.15) is 11.1 Å². The average Bonchev–Trinajstić information content (AvgIpc) is 2.59. The van der Waals surface area contributed by atoms with Crippen LogP contribution in [0.3, 0.4) is 0 Å². The summed E-state index contributed by atoms with van der Waals surface area (Å²) in [5, 5.41) is 4.19. The number of halogens is 1. The molecule has 1 saturated heterocycles. The first-order valence-corrected chi connectivity index (χ1v) is 9.09. The van der Waals surface area contributed by atoms with Crippen molar-refractivity contribution in [3.05, 3.63) is 46.2 Å². The summed E-state index contributed by atoms with van der Waals surface area (Å²) in [5.41, 5.74) is 3.53. The van der Waals surface area contributed by atoms with Crippen molar-refractivity contribution >= 4 is 44.9 Å². The Balaban J connectivity index is 1.60. The maximum atomic E-state index is 5.61. The number of benzene rings is 1. The van der Waals surface area contributed by atoms with Crippen molar-refractivity contribution in [2.45, 2.75) is 13.8 Å². The molecule has 0 spiro atoms. The monoisotopic (exact) mass is 405 g/mol. The largest absolute Gasteiger partial charge is 0.345 e. The minimum absolute atomic E-state index is 0.770. The van der Waals surface area contributed by atoms with E-state index in [1.54, 1.807) is 12.4 Å². The molecule has 0 saturated carbocycles. The van der Waals surface area contributed by atoms with Gasteiger partial charge in [-0.15, -0.1) is 0 Å². The number of aryl methyl sites for hydroxylation is 2. The van der Waals surface area contributed by atoms with Gasteiger partial charge in [-0.25, -0.2) is 9.97 Å². The first-order chi connectivity index (χ1) is 11.5. The average molecular weight is 406 g/mol. The number of anilines is 2. The van der Waals surface area contributed by atoms with E-state index in [-0.39, 0.29) is 0 Å². The van der Waals surface area contributed by atoms with Gasteiger partial charge < -0.3 is 15.1 Å². The number of thiocarbonyl (C=S) groups is 1. The van der Waals surface area contributed by atoms with Crippen LogP contribution in [0.4, 0.5) is 11.6 Å². The number of hydrogen-bond acceptors (Lipinski definition) is 4. The van der Waals surface area contributed by atoms with Gasteiger partial charge in [0.15, 0.2) is 5.11 Å². The Morgan fingerprint density at radius 3 is 2.25 bits per heavy atom. The van der Waals surface area contributed by atoms with Gasteiger partial charge in [0.25, 0.3) is 0 Å². The van der Waals surface area contributed by atoms with Crippen molar-refractivity contribution in [1.29, 1.82) is 0 Å². The van der Waals surface area contributed by atoms with Crippen LogP contribution >= 0.6 is 28.1 Å². The van der Waals surface area contributed by atoms with E-state index in [2.05, 4.69) is 73.1 Å². The van der Waals surface area contributed by atoms with Crippen molar-refractivity contribution in [1.82, 2.24) is 14.9 Å². The predicted octanol–water partition coefficient (Wildman–Crippen LogP) is 3.37. The highest BCUT2D eigenvalue weighted by Crippen LogP contribution is 2.20. The molecule has 126 valence electrons. The zero-order chi connectivity index (χ0) is 17.1. The van der Waals surface area contributed by atoms with E-state index >= 15 is 0 Å². The summed E-state index contributed by atoms with van der Waals surface area (Å²) in [7, 11) is 0. The molecule has 0 aliphatic carbocycles. The number of para-hydroxylation sites is 1. The summed E-state index contributed by atoms with van der Waals surface area (Å²) in [4.78, 5) is 13.1. The van der Waals surface area contributed by atoms with Crippen LogP contribution in [0, 0.1) is 13.8 Å². The third kappa shape index (κ3) is 3.84. The van der Waals surface area contributed by atoms with Gasteiger partial charge in [-0.2, -0.15) is 0 Å². The zero-order valence-electron chi connectivity index (χ0n) is 13.8. The van der Waals surface area contributed by atoms with E-state index in [9.17, 15) is 0 Å². The minimum atomic E-state index is 0.770. The van der Waals surface area contributed by atoms with Gasteiger partial charge in [0, 0.05) is 44.3 Å². The highest BCUT2D eigenvalue weighted by Gasteiger charge is 2.21. The Hall–Kier alpha value is -1.73. The molecule has 2 aromatic rings. The van der Waals surface area contributed by atoms with Crippen molar-refractivity contribution in [2.24, 2.45) is 0 Å². The van der Waals surface area contributed by atoms with E-state index in [1.165, 1.54) is 11.1 Å². The Bertz CT molecular complexity index is 706. The van der Waals surface area contributed by atoms with Crippen LogP contribution in [0.15, 0.2) is 35.1 Å². The van der Waals surface area contributed by atoms with Gasteiger partial charge in [-0.1, -0.05) is 18.2 Å². The molecule has 0 atom stereocenters. The fourth-order valence-electron chi connectivity index (χ4n) is 2.78. The van der Waals surface area contributed by atoms with Gasteiger partial charge in [0.2, 0.25) is 5.95 Å². The molecule has 0 radical (unpaired) electrons. The number of piperazine rings is 1. The molecule has 2 heterocycles. The van der Waals surface area contributed by atoms with Crippen molar-refractivity contribution in [2.75, 3.05) is 36.4 Å². The molecule has 1 fully saturated rings. The fourth-order valence-corrected chi connectivity index (χ4v) is 3.27. The van der Waals surface area contributed by atoms with Gasteiger partial charge in [-0.05, 0) is 53.1 Å². The highest BCUT2D eigenvalue weighted by molar-refractivity contribution is 9.10. The van der Waals surface area contributed by atoms with Crippen molar-refractivity contribution < 1.29 is 0 Å². The molecule has 24 heavy (non-hydrogen) atoms. The number of hydrogen-bond donors (Lipinski definition) is 1. The lowest BCUT2D eigenvalue weighted by molar-refractivity contribution is 0.388. The van der Waals surface area contributed by atoms with Gasteiger partial charge in [0.05, 0.1) is 4.47 Å². The number of rotatable bonds is 2. The van der Waals surface area contributed by atoms with Crippen LogP contribution in [-0.2, 0) is 0 Å². The summed E-state index contributed by atoms with van der Waals surface area (Å²) in [6.07, 6.45) is 3.56. The predicted molar refractivity (Wildman–Crippen MR) is 106 cm³/mol. The molecule has 7 heteroatoms. The summed E-state index contributed by atoms with van der Waals surface area (Å²) in [6, 6.07) is 6.26. The van der Waals surface area contributed by atoms with E-state index in [1.807, 2.05) is 0 Å². The fraction of sp³-hybridized carbons (Fsp3) is 0.353. The van der Waals surface area contributed by atoms with Crippen LogP contribution < -0.4 is 10.2 Å². The number of aromatic nitrogens is 2. The molecule has 1 aliphatic rings. The number of nitrogens with zero attached hydrogens (tertiary/aromatic N) is 4. The van der Waals surface area contributed by atoms with E-state index < -0.39 is 0 Å². The molecule has 1 aromatic heterocycles. The second-order valence-corrected chi connectivity index (χ2v) is 7.17. The van der Waals surface area contributed by atoms with E-state index in [0.717, 1.165) is 47.4 Å². The third-order valence-electron chi connectivity index (χ3n) is 4.17. The lowest BCUT2D eigenvalue weighted by Crippen LogP contribution is -2.50. The lowest BCUT2D eigenvalue weighted by atomic mass is 10.1. The molecule has 0 bridgehead atoms. The van der Waals surface area contributed by atoms with Gasteiger partial charge >= 0.3 is 0 Å². The molecule has 5 nitrogen and oxygen atoms in total. The van der Waals surface area contributed by atoms with Crippen LogP contribution in [0.25, 0.3) is 0 Å². The first kappa shape index (κ1) is 17.1. The summed E-state index contributed by atoms with van der Waals surface area (Å²) in [6.45, 7) is 7.63. The van der Waals surface area contributed by atoms with Gasteiger partial charge in [-0.3, -0.25) is 0 Å². The molecule has 1 N–H and O–H groups in total. The SMILES string of the molecule is Cc1cccc(C)c1NC(=S)N1CCN(c2ncc(Br)cn2)CC1. The maximum absolute atomic E-state index is 5.61. The van der Waals surface area contributed by atoms with Crippen molar-refractivity contribution in [3.8, 4) is 0 Å². The minimum Gasteiger partial charge on any atom is -0.345 e. The molecule has 3 rings (SSSR count). The molecule has 0 amide bonds. The molecule has 0 unspecified atom stereocenters. The topological polar surface area (TPSA) is 44.3 Å². The lowest BCUT2D eigenvalue weighted by Gasteiger charge is -2.36. The summed E-state index contributed by atoms with van der Waals surface area (Å²) in [5.74, 6) is 0.770. The molecular weight excluding hydrogens is 386 g/mol. The quantitative estimate of drug-likeness (QED) is 0.772. The maximum Gasteiger partial charge on any atom is 0.225 e. The van der Waals surface area contributed by atoms with Crippen LogP contribution in [-0.4, -0.2) is 46.2 Å². The first-order valence-electron chi connectivity index (χ1n) is 7.89. The Morgan fingerprint density at radius 2 is 1.67 bits per heavy atom. The Labute approximate surface area is 156 Å². The summed E-state index contributed by atoms with van der Waals surface area (Å²) >= 11 is 8.97. The molecular formula is C17H20BrN5S. The number of nitrogens with one attached hydrogen (secondary N) is 1. The van der Waals surface area contributed by atoms with Crippen LogP contribution in [0.5, 0.6) is 0 Å². The Morgan fingerprint density at radius 1 is 1.08 bits per heavy atom. The summed E-state index contributed by atoms with van der Waals surface area (Å²) < 4.78 is 0.892. The molecule has 1 aromatic carbocycles. The molecule has 1 aliphatic heterocycles. The van der Waals surface area contributed by atoms with Crippen LogP contribution in [0.2, 0.25) is 0 Å². The van der Waals surface area contributed by atoms with E-state index in [0.29, 0.717) is 0 Å².